The van der Waals surface area contributed by atoms with Gasteiger partial charge in [0, 0.05) is 13.1 Å². The van der Waals surface area contributed by atoms with Gasteiger partial charge in [0.2, 0.25) is 5.91 Å². The van der Waals surface area contributed by atoms with Crippen LogP contribution >= 0.6 is 0 Å². The Balaban J connectivity index is 1.90. The van der Waals surface area contributed by atoms with Crippen molar-refractivity contribution >= 4 is 5.91 Å². The van der Waals surface area contributed by atoms with Crippen LogP contribution in [0.25, 0.3) is 0 Å². The van der Waals surface area contributed by atoms with Gasteiger partial charge in [-0.25, -0.2) is 0 Å². The summed E-state index contributed by atoms with van der Waals surface area (Å²) in [6.07, 6.45) is 0.883. The van der Waals surface area contributed by atoms with Crippen molar-refractivity contribution < 1.29 is 14.3 Å². The van der Waals surface area contributed by atoms with Crippen LogP contribution in [0.5, 0.6) is 5.75 Å². The molecule has 2 rings (SSSR count). The first-order chi connectivity index (χ1) is 9.20. The average Bonchev–Trinajstić information content (AvgIpc) is 2.46. The number of morpholine rings is 1. The van der Waals surface area contributed by atoms with Gasteiger partial charge in [0.1, 0.15) is 11.8 Å². The molecule has 19 heavy (non-hydrogen) atoms. The van der Waals surface area contributed by atoms with Crippen LogP contribution in [0.3, 0.4) is 0 Å². The summed E-state index contributed by atoms with van der Waals surface area (Å²) in [5.74, 6) is 0.541. The zero-order valence-electron chi connectivity index (χ0n) is 11.2. The lowest BCUT2D eigenvalue weighted by Crippen LogP contribution is -2.52. The number of primary amides is 1. The predicted molar refractivity (Wildman–Crippen MR) is 72.1 cm³/mol. The molecule has 0 radical (unpaired) electrons. The Morgan fingerprint density at radius 2 is 2.21 bits per heavy atom. The predicted octanol–water partition coefficient (Wildman–Crippen LogP) is 0.424. The number of carbonyl (C=O) groups excluding carboxylic acids is 1. The standard InChI is InChI=1S/C14H20N2O3/c1-18-12-4-2-11(3-5-12)6-7-16-8-9-19-10-13(16)14(15)17/h2-5,13H,6-10H2,1H3,(H2,15,17)/t13-/m1/s1. The topological polar surface area (TPSA) is 64.8 Å². The molecule has 0 aromatic heterocycles. The lowest BCUT2D eigenvalue weighted by atomic mass is 10.1. The molecule has 0 unspecified atom stereocenters. The fourth-order valence-electron chi connectivity index (χ4n) is 2.23. The van der Waals surface area contributed by atoms with E-state index in [1.54, 1.807) is 7.11 Å². The highest BCUT2D eigenvalue weighted by molar-refractivity contribution is 5.80. The molecule has 1 heterocycles. The number of nitrogens with two attached hydrogens (primary N) is 1. The van der Waals surface area contributed by atoms with E-state index in [9.17, 15) is 4.79 Å². The molecule has 1 aliphatic heterocycles. The second-order valence-electron chi connectivity index (χ2n) is 4.63. The SMILES string of the molecule is COc1ccc(CCN2CCOC[C@@H]2C(N)=O)cc1. The molecule has 1 aliphatic rings. The van der Waals surface area contributed by atoms with Crippen LogP contribution < -0.4 is 10.5 Å². The number of hydrogen-bond acceptors (Lipinski definition) is 4. The zero-order chi connectivity index (χ0) is 13.7. The summed E-state index contributed by atoms with van der Waals surface area (Å²) in [7, 11) is 1.65. The van der Waals surface area contributed by atoms with Crippen molar-refractivity contribution in [1.29, 1.82) is 0 Å². The molecule has 5 heteroatoms. The second-order valence-corrected chi connectivity index (χ2v) is 4.63. The van der Waals surface area contributed by atoms with E-state index >= 15 is 0 Å². The van der Waals surface area contributed by atoms with Crippen molar-refractivity contribution in [3.63, 3.8) is 0 Å². The molecule has 0 bridgehead atoms. The molecular formula is C14H20N2O3. The third kappa shape index (κ3) is 3.68. The minimum Gasteiger partial charge on any atom is -0.497 e. The molecule has 1 atom stereocenters. The molecule has 0 saturated carbocycles. The smallest absolute Gasteiger partial charge is 0.237 e. The maximum atomic E-state index is 11.3. The summed E-state index contributed by atoms with van der Waals surface area (Å²) >= 11 is 0. The van der Waals surface area contributed by atoms with Crippen molar-refractivity contribution in [1.82, 2.24) is 4.90 Å². The number of carbonyl (C=O) groups is 1. The first-order valence-electron chi connectivity index (χ1n) is 6.45. The summed E-state index contributed by atoms with van der Waals surface area (Å²) in [6, 6.07) is 7.67. The number of hydrogen-bond donors (Lipinski definition) is 1. The first-order valence-corrected chi connectivity index (χ1v) is 6.45. The maximum Gasteiger partial charge on any atom is 0.237 e. The number of benzene rings is 1. The third-order valence-corrected chi connectivity index (χ3v) is 3.41. The Hall–Kier alpha value is -1.59. The first kappa shape index (κ1) is 13.8. The van der Waals surface area contributed by atoms with Gasteiger partial charge in [-0.15, -0.1) is 0 Å². The fraction of sp³-hybridized carbons (Fsp3) is 0.500. The Morgan fingerprint density at radius 3 is 2.84 bits per heavy atom. The number of ether oxygens (including phenoxy) is 2. The number of rotatable bonds is 5. The van der Waals surface area contributed by atoms with E-state index in [2.05, 4.69) is 4.90 Å². The molecule has 0 spiro atoms. The largest absolute Gasteiger partial charge is 0.497 e. The molecule has 104 valence electrons. The van der Waals surface area contributed by atoms with E-state index in [0.29, 0.717) is 13.2 Å². The molecular weight excluding hydrogens is 244 g/mol. The van der Waals surface area contributed by atoms with Crippen LogP contribution in [0.1, 0.15) is 5.56 Å². The van der Waals surface area contributed by atoms with Crippen LogP contribution in [-0.4, -0.2) is 50.3 Å². The van der Waals surface area contributed by atoms with Crippen molar-refractivity contribution in [3.8, 4) is 5.75 Å². The Kier molecular flexibility index (Phi) is 4.76. The molecule has 0 aliphatic carbocycles. The monoisotopic (exact) mass is 264 g/mol. The van der Waals surface area contributed by atoms with Crippen LogP contribution in [0, 0.1) is 0 Å². The van der Waals surface area contributed by atoms with E-state index in [1.165, 1.54) is 5.56 Å². The third-order valence-electron chi connectivity index (χ3n) is 3.41. The highest BCUT2D eigenvalue weighted by Crippen LogP contribution is 2.13. The van der Waals surface area contributed by atoms with Crippen LogP contribution in [-0.2, 0) is 16.0 Å². The lowest BCUT2D eigenvalue weighted by molar-refractivity contribution is -0.129. The second kappa shape index (κ2) is 6.54. The molecule has 1 aromatic carbocycles. The zero-order valence-corrected chi connectivity index (χ0v) is 11.2. The number of amides is 1. The van der Waals surface area contributed by atoms with Crippen LogP contribution in [0.2, 0.25) is 0 Å². The maximum absolute atomic E-state index is 11.3. The molecule has 1 amide bonds. The molecule has 1 aromatic rings. The van der Waals surface area contributed by atoms with E-state index in [0.717, 1.165) is 25.3 Å². The number of methoxy groups -OCH3 is 1. The van der Waals surface area contributed by atoms with Crippen molar-refractivity contribution in [2.24, 2.45) is 5.73 Å². The van der Waals surface area contributed by atoms with Gasteiger partial charge in [0.15, 0.2) is 0 Å². The molecule has 1 fully saturated rings. The minimum absolute atomic E-state index is 0.299. The van der Waals surface area contributed by atoms with Gasteiger partial charge in [-0.1, -0.05) is 12.1 Å². The number of nitrogens with zero attached hydrogens (tertiary/aromatic N) is 1. The van der Waals surface area contributed by atoms with Gasteiger partial charge in [0.05, 0.1) is 20.3 Å². The van der Waals surface area contributed by atoms with E-state index < -0.39 is 0 Å². The Morgan fingerprint density at radius 1 is 1.47 bits per heavy atom. The lowest BCUT2D eigenvalue weighted by Gasteiger charge is -2.33. The highest BCUT2D eigenvalue weighted by Gasteiger charge is 2.26. The molecule has 2 N–H and O–H groups in total. The van der Waals surface area contributed by atoms with Crippen LogP contribution in [0.15, 0.2) is 24.3 Å². The van der Waals surface area contributed by atoms with Gasteiger partial charge in [-0.3, -0.25) is 9.69 Å². The summed E-state index contributed by atoms with van der Waals surface area (Å²) < 4.78 is 10.4. The van der Waals surface area contributed by atoms with Crippen molar-refractivity contribution in [3.05, 3.63) is 29.8 Å². The van der Waals surface area contributed by atoms with Crippen LogP contribution in [0.4, 0.5) is 0 Å². The normalized spacial score (nSPS) is 20.2. The highest BCUT2D eigenvalue weighted by atomic mass is 16.5. The Labute approximate surface area is 113 Å². The average molecular weight is 264 g/mol. The quantitative estimate of drug-likeness (QED) is 0.837. The minimum atomic E-state index is -0.311. The summed E-state index contributed by atoms with van der Waals surface area (Å²) in [5, 5.41) is 0. The summed E-state index contributed by atoms with van der Waals surface area (Å²) in [5.41, 5.74) is 6.61. The van der Waals surface area contributed by atoms with Crippen molar-refractivity contribution in [2.45, 2.75) is 12.5 Å². The van der Waals surface area contributed by atoms with Crippen molar-refractivity contribution in [2.75, 3.05) is 33.4 Å². The van der Waals surface area contributed by atoms with E-state index in [-0.39, 0.29) is 11.9 Å². The van der Waals surface area contributed by atoms with E-state index in [1.807, 2.05) is 24.3 Å². The Bertz CT molecular complexity index is 419. The van der Waals surface area contributed by atoms with Gasteiger partial charge in [0.25, 0.3) is 0 Å². The van der Waals surface area contributed by atoms with Gasteiger partial charge < -0.3 is 15.2 Å². The fourth-order valence-corrected chi connectivity index (χ4v) is 2.23. The van der Waals surface area contributed by atoms with E-state index in [4.69, 9.17) is 15.2 Å². The summed E-state index contributed by atoms with van der Waals surface area (Å²) in [4.78, 5) is 13.4. The van der Waals surface area contributed by atoms with Gasteiger partial charge in [-0.2, -0.15) is 0 Å². The van der Waals surface area contributed by atoms with Gasteiger partial charge >= 0.3 is 0 Å². The summed E-state index contributed by atoms with van der Waals surface area (Å²) in [6.45, 7) is 2.62. The molecule has 1 saturated heterocycles. The molecule has 5 nitrogen and oxygen atoms in total. The van der Waals surface area contributed by atoms with Gasteiger partial charge in [-0.05, 0) is 24.1 Å².